The molecule has 0 radical (unpaired) electrons. The molecule has 0 aromatic rings. The number of rotatable bonds is 4. The molecule has 2 heteroatoms. The summed E-state index contributed by atoms with van der Waals surface area (Å²) in [6, 6.07) is 0. The van der Waals surface area contributed by atoms with E-state index in [1.54, 1.807) is 0 Å². The van der Waals surface area contributed by atoms with Crippen LogP contribution in [0.15, 0.2) is 0 Å². The zero-order chi connectivity index (χ0) is 9.07. The van der Waals surface area contributed by atoms with Gasteiger partial charge in [-0.25, -0.2) is 0 Å². The normalized spacial score (nSPS) is 13.1. The van der Waals surface area contributed by atoms with Crippen LogP contribution < -0.4 is 11.3 Å². The van der Waals surface area contributed by atoms with Gasteiger partial charge in [-0.3, -0.25) is 11.3 Å². The lowest BCUT2D eigenvalue weighted by Crippen LogP contribution is -2.56. The van der Waals surface area contributed by atoms with Gasteiger partial charge in [0.05, 0.1) is 0 Å². The highest BCUT2D eigenvalue weighted by Crippen LogP contribution is 2.28. The molecular formula is C9H22N2. The highest BCUT2D eigenvalue weighted by molar-refractivity contribution is 4.90. The molecule has 0 saturated carbocycles. The van der Waals surface area contributed by atoms with Gasteiger partial charge in [-0.2, -0.15) is 0 Å². The van der Waals surface area contributed by atoms with Crippen LogP contribution in [0.2, 0.25) is 0 Å². The highest BCUT2D eigenvalue weighted by Gasteiger charge is 2.33. The van der Waals surface area contributed by atoms with E-state index in [4.69, 9.17) is 5.84 Å². The summed E-state index contributed by atoms with van der Waals surface area (Å²) >= 11 is 0. The Bertz CT molecular complexity index is 94.1. The van der Waals surface area contributed by atoms with Crippen LogP contribution in [0.25, 0.3) is 0 Å². The van der Waals surface area contributed by atoms with E-state index in [1.807, 2.05) is 0 Å². The maximum absolute atomic E-state index is 5.57. The Morgan fingerprint density at radius 2 is 1.55 bits per heavy atom. The van der Waals surface area contributed by atoms with E-state index in [0.717, 1.165) is 6.42 Å². The Morgan fingerprint density at radius 1 is 1.18 bits per heavy atom. The van der Waals surface area contributed by atoms with Crippen LogP contribution in [0.4, 0.5) is 0 Å². The Kier molecular flexibility index (Phi) is 4.04. The molecule has 0 spiro atoms. The minimum atomic E-state index is 0.111. The molecule has 0 aliphatic carbocycles. The van der Waals surface area contributed by atoms with Gasteiger partial charge < -0.3 is 0 Å². The van der Waals surface area contributed by atoms with Gasteiger partial charge in [0.1, 0.15) is 0 Å². The molecule has 11 heavy (non-hydrogen) atoms. The van der Waals surface area contributed by atoms with Crippen molar-refractivity contribution in [3.8, 4) is 0 Å². The molecule has 0 aliphatic heterocycles. The van der Waals surface area contributed by atoms with Crippen LogP contribution in [0.3, 0.4) is 0 Å². The van der Waals surface area contributed by atoms with Crippen LogP contribution in [0.1, 0.15) is 41.0 Å². The quantitative estimate of drug-likeness (QED) is 0.484. The monoisotopic (exact) mass is 158 g/mol. The summed E-state index contributed by atoms with van der Waals surface area (Å²) in [5.41, 5.74) is 3.08. The van der Waals surface area contributed by atoms with Crippen molar-refractivity contribution >= 4 is 0 Å². The van der Waals surface area contributed by atoms with E-state index < -0.39 is 0 Å². The van der Waals surface area contributed by atoms with Crippen molar-refractivity contribution in [1.82, 2.24) is 5.43 Å². The Labute approximate surface area is 70.5 Å². The molecule has 68 valence electrons. The van der Waals surface area contributed by atoms with Crippen molar-refractivity contribution in [3.63, 3.8) is 0 Å². The SMILES string of the molecule is CCC(NN)(C(C)C)C(C)C. The van der Waals surface area contributed by atoms with Crippen molar-refractivity contribution in [2.24, 2.45) is 17.7 Å². The third kappa shape index (κ3) is 1.94. The summed E-state index contributed by atoms with van der Waals surface area (Å²) in [4.78, 5) is 0. The van der Waals surface area contributed by atoms with Crippen LogP contribution >= 0.6 is 0 Å². The lowest BCUT2D eigenvalue weighted by molar-refractivity contribution is 0.158. The van der Waals surface area contributed by atoms with Gasteiger partial charge in [0.25, 0.3) is 0 Å². The zero-order valence-electron chi connectivity index (χ0n) is 8.44. The first-order valence-corrected chi connectivity index (χ1v) is 4.49. The highest BCUT2D eigenvalue weighted by atomic mass is 15.3. The molecule has 0 aromatic carbocycles. The van der Waals surface area contributed by atoms with Crippen LogP contribution in [-0.4, -0.2) is 5.54 Å². The van der Waals surface area contributed by atoms with Gasteiger partial charge in [-0.15, -0.1) is 0 Å². The third-order valence-electron chi connectivity index (χ3n) is 2.91. The number of nitrogens with two attached hydrogens (primary N) is 1. The molecule has 0 atom stereocenters. The Hall–Kier alpha value is -0.0800. The van der Waals surface area contributed by atoms with E-state index in [2.05, 4.69) is 40.0 Å². The first-order chi connectivity index (χ1) is 5.01. The maximum Gasteiger partial charge on any atom is 0.0364 e. The molecule has 2 nitrogen and oxygen atoms in total. The van der Waals surface area contributed by atoms with Gasteiger partial charge >= 0.3 is 0 Å². The van der Waals surface area contributed by atoms with E-state index >= 15 is 0 Å². The predicted molar refractivity (Wildman–Crippen MR) is 50.0 cm³/mol. The summed E-state index contributed by atoms with van der Waals surface area (Å²) in [7, 11) is 0. The molecule has 0 heterocycles. The molecule has 0 aliphatic rings. The first-order valence-electron chi connectivity index (χ1n) is 4.49. The van der Waals surface area contributed by atoms with Gasteiger partial charge in [-0.05, 0) is 18.3 Å². The van der Waals surface area contributed by atoms with E-state index in [9.17, 15) is 0 Å². The number of hydrazine groups is 1. The van der Waals surface area contributed by atoms with E-state index in [-0.39, 0.29) is 5.54 Å². The average molecular weight is 158 g/mol. The summed E-state index contributed by atoms with van der Waals surface area (Å²) in [5, 5.41) is 0. The molecule has 0 saturated heterocycles. The summed E-state index contributed by atoms with van der Waals surface area (Å²) in [6.07, 6.45) is 1.08. The minimum absolute atomic E-state index is 0.111. The van der Waals surface area contributed by atoms with Crippen molar-refractivity contribution in [2.75, 3.05) is 0 Å². The maximum atomic E-state index is 5.57. The number of nitrogens with one attached hydrogen (secondary N) is 1. The smallest absolute Gasteiger partial charge is 0.0364 e. The predicted octanol–water partition coefficient (Wildman–Crippen LogP) is 1.91. The fourth-order valence-electron chi connectivity index (χ4n) is 1.92. The molecule has 0 amide bonds. The summed E-state index contributed by atoms with van der Waals surface area (Å²) in [5.74, 6) is 6.73. The number of hydrogen-bond donors (Lipinski definition) is 2. The Morgan fingerprint density at radius 3 is 1.55 bits per heavy atom. The van der Waals surface area contributed by atoms with Crippen LogP contribution in [0.5, 0.6) is 0 Å². The third-order valence-corrected chi connectivity index (χ3v) is 2.91. The molecule has 0 unspecified atom stereocenters. The van der Waals surface area contributed by atoms with Crippen LogP contribution in [-0.2, 0) is 0 Å². The standard InChI is InChI=1S/C9H22N2/c1-6-9(11-10,7(2)3)8(4)5/h7-8,11H,6,10H2,1-5H3. The second-order valence-electron chi connectivity index (χ2n) is 3.85. The molecule has 3 N–H and O–H groups in total. The fourth-order valence-corrected chi connectivity index (χ4v) is 1.92. The minimum Gasteiger partial charge on any atom is -0.271 e. The zero-order valence-corrected chi connectivity index (χ0v) is 8.44. The molecule has 0 rings (SSSR count). The van der Waals surface area contributed by atoms with Crippen molar-refractivity contribution in [2.45, 2.75) is 46.6 Å². The molecule has 0 fully saturated rings. The molecule has 0 bridgehead atoms. The van der Waals surface area contributed by atoms with E-state index in [1.165, 1.54) is 0 Å². The lowest BCUT2D eigenvalue weighted by Gasteiger charge is -2.40. The largest absolute Gasteiger partial charge is 0.271 e. The Balaban J connectivity index is 4.46. The second kappa shape index (κ2) is 4.07. The van der Waals surface area contributed by atoms with Gasteiger partial charge in [0, 0.05) is 5.54 Å². The topological polar surface area (TPSA) is 38.0 Å². The van der Waals surface area contributed by atoms with Gasteiger partial charge in [0.15, 0.2) is 0 Å². The molecule has 0 aromatic heterocycles. The van der Waals surface area contributed by atoms with Crippen molar-refractivity contribution in [1.29, 1.82) is 0 Å². The molecular weight excluding hydrogens is 136 g/mol. The summed E-state index contributed by atoms with van der Waals surface area (Å²) in [6.45, 7) is 11.0. The van der Waals surface area contributed by atoms with Crippen LogP contribution in [0, 0.1) is 11.8 Å². The second-order valence-corrected chi connectivity index (χ2v) is 3.85. The fraction of sp³-hybridized carbons (Fsp3) is 1.00. The van der Waals surface area contributed by atoms with Gasteiger partial charge in [0.2, 0.25) is 0 Å². The van der Waals surface area contributed by atoms with E-state index in [0.29, 0.717) is 11.8 Å². The van der Waals surface area contributed by atoms with Gasteiger partial charge in [-0.1, -0.05) is 34.6 Å². The van der Waals surface area contributed by atoms with Crippen molar-refractivity contribution < 1.29 is 0 Å². The number of hydrogen-bond acceptors (Lipinski definition) is 2. The van der Waals surface area contributed by atoms with Crippen molar-refractivity contribution in [3.05, 3.63) is 0 Å². The average Bonchev–Trinajstić information content (AvgIpc) is 1.90. The first kappa shape index (κ1) is 10.9. The summed E-state index contributed by atoms with van der Waals surface area (Å²) < 4.78 is 0. The lowest BCUT2D eigenvalue weighted by atomic mass is 9.75.